The molecule has 8 nitrogen and oxygen atoms in total. The average Bonchev–Trinajstić information content (AvgIpc) is 3.37. The van der Waals surface area contributed by atoms with Gasteiger partial charge >= 0.3 is 0 Å². The van der Waals surface area contributed by atoms with Crippen LogP contribution in [0.1, 0.15) is 52.6 Å². The summed E-state index contributed by atoms with van der Waals surface area (Å²) in [5, 5.41) is 24.5. The first-order valence-electron chi connectivity index (χ1n) is 15.5. The summed E-state index contributed by atoms with van der Waals surface area (Å²) in [7, 11) is 1.72. The number of nitrogens with zero attached hydrogens (tertiary/aromatic N) is 3. The van der Waals surface area contributed by atoms with Crippen molar-refractivity contribution in [3.8, 4) is 23.3 Å². The van der Waals surface area contributed by atoms with Crippen LogP contribution in [-0.2, 0) is 23.1 Å². The van der Waals surface area contributed by atoms with Crippen LogP contribution in [0.25, 0.3) is 0 Å². The van der Waals surface area contributed by atoms with Crippen LogP contribution in [0.4, 0.5) is 0 Å². The van der Waals surface area contributed by atoms with Gasteiger partial charge in [-0.25, -0.2) is 0 Å². The van der Waals surface area contributed by atoms with E-state index >= 15 is 0 Å². The van der Waals surface area contributed by atoms with Crippen molar-refractivity contribution >= 4 is 5.91 Å². The number of piperidine rings is 1. The predicted molar refractivity (Wildman–Crippen MR) is 166 cm³/mol. The van der Waals surface area contributed by atoms with Gasteiger partial charge in [0.2, 0.25) is 0 Å². The molecule has 3 aromatic carbocycles. The van der Waals surface area contributed by atoms with Gasteiger partial charge < -0.3 is 14.7 Å². The molecule has 1 saturated carbocycles. The molecule has 7 rings (SSSR count). The Morgan fingerprint density at radius 1 is 1.14 bits per heavy atom. The molecule has 1 amide bonds. The molecule has 44 heavy (non-hydrogen) atoms. The number of aryl methyl sites for hydroxylation is 2. The summed E-state index contributed by atoms with van der Waals surface area (Å²) in [6, 6.07) is 18.9. The summed E-state index contributed by atoms with van der Waals surface area (Å²) in [6.07, 6.45) is 1.91. The first-order chi connectivity index (χ1) is 21.2. The van der Waals surface area contributed by atoms with E-state index in [4.69, 9.17) is 4.74 Å². The molecule has 2 aliphatic carbocycles. The highest BCUT2D eigenvalue weighted by Crippen LogP contribution is 2.66. The summed E-state index contributed by atoms with van der Waals surface area (Å²) in [5.74, 6) is 5.81. The Labute approximate surface area is 257 Å². The van der Waals surface area contributed by atoms with Crippen LogP contribution in [0.5, 0.6) is 11.5 Å². The molecule has 2 fully saturated rings. The number of carbonyl (C=O) groups is 1. The lowest BCUT2D eigenvalue weighted by Gasteiger charge is -2.61. The van der Waals surface area contributed by atoms with Crippen LogP contribution in [0.2, 0.25) is 0 Å². The summed E-state index contributed by atoms with van der Waals surface area (Å²) in [4.78, 5) is 30.9. The molecule has 0 aromatic heterocycles. The van der Waals surface area contributed by atoms with Gasteiger partial charge in [-0.2, -0.15) is 0 Å². The van der Waals surface area contributed by atoms with E-state index in [1.807, 2.05) is 56.3 Å². The fourth-order valence-electron chi connectivity index (χ4n) is 8.75. The van der Waals surface area contributed by atoms with Gasteiger partial charge in [0.15, 0.2) is 11.5 Å². The fourth-order valence-corrected chi connectivity index (χ4v) is 8.75. The van der Waals surface area contributed by atoms with Gasteiger partial charge in [-0.3, -0.25) is 19.8 Å². The molecule has 226 valence electrons. The zero-order chi connectivity index (χ0) is 30.8. The minimum atomic E-state index is -1.30. The molecule has 4 aliphatic rings. The second-order valence-corrected chi connectivity index (χ2v) is 13.0. The average molecular weight is 592 g/mol. The van der Waals surface area contributed by atoms with Crippen LogP contribution >= 0.6 is 0 Å². The largest absolute Gasteiger partial charge is 0.504 e. The molecule has 3 aromatic rings. The van der Waals surface area contributed by atoms with Gasteiger partial charge in [0.25, 0.3) is 11.4 Å². The Bertz CT molecular complexity index is 1730. The molecule has 5 atom stereocenters. The van der Waals surface area contributed by atoms with E-state index < -0.39 is 23.1 Å². The van der Waals surface area contributed by atoms with Gasteiger partial charge in [0, 0.05) is 42.0 Å². The number of amides is 1. The van der Waals surface area contributed by atoms with Crippen molar-refractivity contribution in [3.05, 3.63) is 104 Å². The third-order valence-electron chi connectivity index (χ3n) is 11.0. The molecule has 8 heteroatoms. The predicted octanol–water partition coefficient (Wildman–Crippen LogP) is 4.57. The van der Waals surface area contributed by atoms with Crippen molar-refractivity contribution in [3.63, 3.8) is 0 Å². The number of rotatable bonds is 5. The Kier molecular flexibility index (Phi) is 6.71. The van der Waals surface area contributed by atoms with E-state index in [9.17, 15) is 20.0 Å². The zero-order valence-corrected chi connectivity index (χ0v) is 25.4. The van der Waals surface area contributed by atoms with Gasteiger partial charge in [0.1, 0.15) is 11.5 Å². The summed E-state index contributed by atoms with van der Waals surface area (Å²) >= 11 is 0. The van der Waals surface area contributed by atoms with Crippen molar-refractivity contribution < 1.29 is 19.6 Å². The fraction of sp³-hybridized carbons (Fsp3) is 0.417. The second kappa shape index (κ2) is 10.4. The smallest absolute Gasteiger partial charge is 0.298 e. The SMILES string of the molecule is Cc1ccc(C#CC(=O)N(C)[C@H]2CC[C@@]3([N+](=O)[O-])[C@H]4Cc5ccc(O)c6c5[C@@]3(CCN4CCc3ccccc3)[C@H]2O6)cc1C. The number of phenolic OH excluding ortho intramolecular Hbond substituents is 1. The molecular weight excluding hydrogens is 554 g/mol. The van der Waals surface area contributed by atoms with Crippen LogP contribution in [0.15, 0.2) is 60.7 Å². The first-order valence-corrected chi connectivity index (χ1v) is 15.5. The van der Waals surface area contributed by atoms with Crippen molar-refractivity contribution in [2.24, 2.45) is 0 Å². The minimum absolute atomic E-state index is 0.00278. The van der Waals surface area contributed by atoms with E-state index in [0.29, 0.717) is 38.0 Å². The molecule has 0 radical (unpaired) electrons. The van der Waals surface area contributed by atoms with Gasteiger partial charge in [-0.1, -0.05) is 48.4 Å². The lowest BCUT2D eigenvalue weighted by atomic mass is 9.46. The van der Waals surface area contributed by atoms with E-state index in [0.717, 1.165) is 40.8 Å². The van der Waals surface area contributed by atoms with Crippen molar-refractivity contribution in [2.75, 3.05) is 20.1 Å². The summed E-state index contributed by atoms with van der Waals surface area (Å²) < 4.78 is 6.61. The highest BCUT2D eigenvalue weighted by Gasteiger charge is 2.80. The number of likely N-dealkylation sites (N-methyl/N-ethyl adjacent to an activating group) is 1. The maximum atomic E-state index is 13.5. The second-order valence-electron chi connectivity index (χ2n) is 13.0. The third kappa shape index (κ3) is 3.99. The van der Waals surface area contributed by atoms with E-state index in [1.54, 1.807) is 18.0 Å². The quantitative estimate of drug-likeness (QED) is 0.265. The lowest BCUT2D eigenvalue weighted by molar-refractivity contribution is -0.606. The van der Waals surface area contributed by atoms with Gasteiger partial charge in [-0.05, 0) is 86.5 Å². The van der Waals surface area contributed by atoms with Gasteiger partial charge in [0.05, 0.1) is 12.1 Å². The number of hydrogen-bond acceptors (Lipinski definition) is 6. The number of hydrogen-bond donors (Lipinski definition) is 1. The van der Waals surface area contributed by atoms with Crippen LogP contribution in [-0.4, -0.2) is 69.6 Å². The number of carbonyl (C=O) groups excluding carboxylic acids is 1. The normalized spacial score (nSPS) is 27.8. The van der Waals surface area contributed by atoms with Crippen molar-refractivity contribution in [1.82, 2.24) is 9.80 Å². The number of nitro groups is 1. The number of phenols is 1. The lowest BCUT2D eigenvalue weighted by Crippen LogP contribution is -2.80. The zero-order valence-electron chi connectivity index (χ0n) is 25.4. The molecule has 2 aliphatic heterocycles. The molecule has 1 N–H and O–H groups in total. The van der Waals surface area contributed by atoms with Gasteiger partial charge in [-0.15, -0.1) is 0 Å². The Morgan fingerprint density at radius 3 is 2.68 bits per heavy atom. The topological polar surface area (TPSA) is 96.2 Å². The van der Waals surface area contributed by atoms with Crippen LogP contribution in [0.3, 0.4) is 0 Å². The standard InChI is InChI=1S/C36H37N3O5/c1-23-9-10-26(21-24(23)2)11-14-31(41)37(3)28-15-17-36(39(42)43)30-22-27-12-13-29(40)33-32(27)35(36,34(28)44-33)18-20-38(30)19-16-25-7-5-4-6-8-25/h4-10,12-13,21,28,30,34,40H,15-20,22H2,1-3H3/t28-,30+,34-,35-,36+/m0/s1. The maximum Gasteiger partial charge on any atom is 0.298 e. The maximum absolute atomic E-state index is 13.5. The number of likely N-dealkylation sites (tertiary alicyclic amines) is 1. The molecule has 1 saturated heterocycles. The Hall–Kier alpha value is -4.35. The number of benzene rings is 3. The molecule has 0 unspecified atom stereocenters. The first kappa shape index (κ1) is 28.4. The van der Waals surface area contributed by atoms with E-state index in [2.05, 4.69) is 28.9 Å². The van der Waals surface area contributed by atoms with E-state index in [-0.39, 0.29) is 22.6 Å². The van der Waals surface area contributed by atoms with Crippen LogP contribution in [0, 0.1) is 35.8 Å². The number of aromatic hydroxyl groups is 1. The monoisotopic (exact) mass is 591 g/mol. The summed E-state index contributed by atoms with van der Waals surface area (Å²) in [6.45, 7) is 5.45. The number of ether oxygens (including phenoxy) is 1. The van der Waals surface area contributed by atoms with Crippen LogP contribution < -0.4 is 4.74 Å². The van der Waals surface area contributed by atoms with E-state index in [1.165, 1.54) is 5.56 Å². The molecule has 1 spiro atoms. The molecule has 2 bridgehead atoms. The third-order valence-corrected chi connectivity index (χ3v) is 11.0. The highest BCUT2D eigenvalue weighted by molar-refractivity contribution is 5.94. The van der Waals surface area contributed by atoms with Crippen molar-refractivity contribution in [1.29, 1.82) is 0 Å². The Balaban J connectivity index is 1.26. The summed E-state index contributed by atoms with van der Waals surface area (Å²) in [5.41, 5.74) is 3.75. The van der Waals surface area contributed by atoms with Crippen molar-refractivity contribution in [2.45, 2.75) is 75.1 Å². The molecular formula is C36H37N3O5. The Morgan fingerprint density at radius 2 is 1.93 bits per heavy atom. The minimum Gasteiger partial charge on any atom is -0.504 e. The highest BCUT2D eigenvalue weighted by atomic mass is 16.6. The molecule has 2 heterocycles.